The van der Waals surface area contributed by atoms with E-state index in [1.165, 1.54) is 0 Å². The molecular weight excluding hydrogens is 336 g/mol. The molecule has 0 aromatic carbocycles. The van der Waals surface area contributed by atoms with Crippen molar-refractivity contribution < 1.29 is 15.0 Å². The van der Waals surface area contributed by atoms with Gasteiger partial charge in [-0.3, -0.25) is 4.79 Å². The SMILES string of the molecule is C[C@]12CCC(=O)C=C1CC[C@H]1[C@@H]3CC[C@@](O)(C#CCl)[C@@]3(C)CC[C@@]12O. The van der Waals surface area contributed by atoms with Gasteiger partial charge in [-0.1, -0.05) is 25.3 Å². The molecule has 0 radical (unpaired) electrons. The Bertz CT molecular complexity index is 718. The van der Waals surface area contributed by atoms with E-state index in [2.05, 4.69) is 25.1 Å². The van der Waals surface area contributed by atoms with E-state index in [1.807, 2.05) is 0 Å². The topological polar surface area (TPSA) is 57.5 Å². The van der Waals surface area contributed by atoms with Gasteiger partial charge in [-0.15, -0.1) is 0 Å². The average Bonchev–Trinajstić information content (AvgIpc) is 2.82. The molecule has 4 aliphatic carbocycles. The highest BCUT2D eigenvalue weighted by atomic mass is 35.5. The molecule has 0 amide bonds. The molecule has 6 atom stereocenters. The van der Waals surface area contributed by atoms with Gasteiger partial charge in [-0.25, -0.2) is 0 Å². The van der Waals surface area contributed by atoms with Gasteiger partial charge in [-0.2, -0.15) is 0 Å². The smallest absolute Gasteiger partial charge is 0.155 e. The summed E-state index contributed by atoms with van der Waals surface area (Å²) in [6.45, 7) is 4.28. The van der Waals surface area contributed by atoms with Crippen molar-refractivity contribution in [1.29, 1.82) is 0 Å². The van der Waals surface area contributed by atoms with E-state index < -0.39 is 11.2 Å². The molecule has 0 aromatic rings. The lowest BCUT2D eigenvalue weighted by molar-refractivity contribution is -0.202. The quantitative estimate of drug-likeness (QED) is 0.648. The van der Waals surface area contributed by atoms with E-state index in [9.17, 15) is 15.0 Å². The van der Waals surface area contributed by atoms with Crippen molar-refractivity contribution in [3.63, 3.8) is 0 Å². The molecule has 3 nitrogen and oxygen atoms in total. The Morgan fingerprint density at radius 2 is 1.84 bits per heavy atom. The highest BCUT2D eigenvalue weighted by Gasteiger charge is 2.68. The van der Waals surface area contributed by atoms with Gasteiger partial charge in [0.1, 0.15) is 5.60 Å². The van der Waals surface area contributed by atoms with E-state index in [0.717, 1.165) is 37.7 Å². The van der Waals surface area contributed by atoms with Gasteiger partial charge in [0, 0.05) is 22.6 Å². The maximum Gasteiger partial charge on any atom is 0.155 e. The first kappa shape index (κ1) is 17.6. The summed E-state index contributed by atoms with van der Waals surface area (Å²) in [5.41, 5.74) is -1.35. The summed E-state index contributed by atoms with van der Waals surface area (Å²) in [5.74, 6) is 3.46. The van der Waals surface area contributed by atoms with E-state index in [-0.39, 0.29) is 28.4 Å². The van der Waals surface area contributed by atoms with Crippen LogP contribution in [0.2, 0.25) is 0 Å². The zero-order valence-corrected chi connectivity index (χ0v) is 15.8. The van der Waals surface area contributed by atoms with Gasteiger partial charge in [0.25, 0.3) is 0 Å². The second kappa shape index (κ2) is 5.35. The maximum absolute atomic E-state index is 11.9. The standard InChI is InChI=1S/C21H27ClO3/c1-18-7-5-15(23)13-14(18)3-4-17-16-6-8-20(24,11-12-22)19(16,2)9-10-21(17,18)25/h13,16-17,24-25H,3-10H2,1-2H3/t16-,17-,18-,19-,20+,21+/m0/s1. The molecule has 4 rings (SSSR count). The Morgan fingerprint density at radius 3 is 2.56 bits per heavy atom. The van der Waals surface area contributed by atoms with Gasteiger partial charge < -0.3 is 10.2 Å². The molecule has 0 aliphatic heterocycles. The summed E-state index contributed by atoms with van der Waals surface area (Å²) in [5, 5.41) is 25.5. The third kappa shape index (κ3) is 2.05. The predicted molar refractivity (Wildman–Crippen MR) is 96.7 cm³/mol. The van der Waals surface area contributed by atoms with Crippen LogP contribution in [0.1, 0.15) is 65.2 Å². The molecule has 2 N–H and O–H groups in total. The predicted octanol–water partition coefficient (Wildman–Crippen LogP) is 3.56. The fraction of sp³-hybridized carbons (Fsp3) is 0.762. The summed E-state index contributed by atoms with van der Waals surface area (Å²) in [4.78, 5) is 11.9. The molecule has 0 spiro atoms. The summed E-state index contributed by atoms with van der Waals surface area (Å²) in [6.07, 6.45) is 7.71. The van der Waals surface area contributed by atoms with Crippen LogP contribution in [-0.2, 0) is 4.79 Å². The summed E-state index contributed by atoms with van der Waals surface area (Å²) >= 11 is 5.65. The van der Waals surface area contributed by atoms with Gasteiger partial charge in [0.15, 0.2) is 5.78 Å². The molecule has 25 heavy (non-hydrogen) atoms. The molecule has 0 unspecified atom stereocenters. The van der Waals surface area contributed by atoms with Crippen molar-refractivity contribution >= 4 is 17.4 Å². The number of aliphatic hydroxyl groups is 2. The number of fused-ring (bicyclic) bond motifs is 5. The first-order valence-electron chi connectivity index (χ1n) is 9.52. The zero-order valence-electron chi connectivity index (χ0n) is 15.1. The van der Waals surface area contributed by atoms with Gasteiger partial charge in [0.2, 0.25) is 0 Å². The highest BCUT2D eigenvalue weighted by molar-refractivity contribution is 6.30. The van der Waals surface area contributed by atoms with Crippen molar-refractivity contribution in [3.8, 4) is 11.3 Å². The first-order chi connectivity index (χ1) is 11.7. The number of hydrogen-bond acceptors (Lipinski definition) is 3. The second-order valence-electron chi connectivity index (χ2n) is 9.18. The Hall–Kier alpha value is -0.820. The maximum atomic E-state index is 11.9. The number of carbonyl (C=O) groups excluding carboxylic acids is 1. The third-order valence-corrected chi connectivity index (χ3v) is 8.65. The molecule has 0 aromatic heterocycles. The zero-order chi connectivity index (χ0) is 18.1. The second-order valence-corrected chi connectivity index (χ2v) is 9.37. The van der Waals surface area contributed by atoms with Crippen LogP contribution in [0, 0.1) is 34.0 Å². The Balaban J connectivity index is 1.76. The molecule has 0 heterocycles. The summed E-state index contributed by atoms with van der Waals surface area (Å²) in [7, 11) is 0. The van der Waals surface area contributed by atoms with E-state index in [0.29, 0.717) is 19.3 Å². The van der Waals surface area contributed by atoms with Gasteiger partial charge in [0.05, 0.1) is 5.60 Å². The molecule has 0 saturated heterocycles. The van der Waals surface area contributed by atoms with Crippen molar-refractivity contribution in [2.45, 2.75) is 76.4 Å². The monoisotopic (exact) mass is 362 g/mol. The lowest BCUT2D eigenvalue weighted by atomic mass is 9.44. The summed E-state index contributed by atoms with van der Waals surface area (Å²) in [6, 6.07) is 0. The van der Waals surface area contributed by atoms with Crippen molar-refractivity contribution in [3.05, 3.63) is 11.6 Å². The lowest BCUT2D eigenvalue weighted by Crippen LogP contribution is -2.64. The molecule has 3 saturated carbocycles. The summed E-state index contributed by atoms with van der Waals surface area (Å²) < 4.78 is 0. The minimum Gasteiger partial charge on any atom is -0.389 e. The highest BCUT2D eigenvalue weighted by Crippen LogP contribution is 2.68. The molecule has 136 valence electrons. The number of rotatable bonds is 0. The van der Waals surface area contributed by atoms with Gasteiger partial charge in [-0.05, 0) is 74.5 Å². The fourth-order valence-electron chi connectivity index (χ4n) is 6.80. The largest absolute Gasteiger partial charge is 0.389 e. The van der Waals surface area contributed by atoms with Crippen LogP contribution in [0.25, 0.3) is 0 Å². The van der Waals surface area contributed by atoms with Crippen LogP contribution >= 0.6 is 11.6 Å². The number of ketones is 1. The Kier molecular flexibility index (Phi) is 3.76. The van der Waals surface area contributed by atoms with Crippen molar-refractivity contribution in [2.24, 2.45) is 22.7 Å². The van der Waals surface area contributed by atoms with E-state index in [1.54, 1.807) is 6.08 Å². The van der Waals surface area contributed by atoms with E-state index in [4.69, 9.17) is 11.6 Å². The van der Waals surface area contributed by atoms with Crippen molar-refractivity contribution in [1.82, 2.24) is 0 Å². The van der Waals surface area contributed by atoms with Crippen molar-refractivity contribution in [2.75, 3.05) is 0 Å². The fourth-order valence-corrected chi connectivity index (χ4v) is 6.96. The van der Waals surface area contributed by atoms with Crippen LogP contribution in [-0.4, -0.2) is 27.2 Å². The molecular formula is C21H27ClO3. The van der Waals surface area contributed by atoms with Gasteiger partial charge >= 0.3 is 0 Å². The number of halogens is 1. The van der Waals surface area contributed by atoms with Crippen LogP contribution in [0.3, 0.4) is 0 Å². The molecule has 4 heteroatoms. The normalized spacial score (nSPS) is 51.6. The first-order valence-corrected chi connectivity index (χ1v) is 9.89. The molecule has 0 bridgehead atoms. The number of hydrogen-bond donors (Lipinski definition) is 2. The average molecular weight is 363 g/mol. The Morgan fingerprint density at radius 1 is 1.08 bits per heavy atom. The van der Waals surface area contributed by atoms with Crippen LogP contribution in [0.15, 0.2) is 11.6 Å². The Labute approximate surface area is 154 Å². The van der Waals surface area contributed by atoms with Crippen LogP contribution in [0.5, 0.6) is 0 Å². The number of carbonyl (C=O) groups is 1. The minimum atomic E-state index is -1.06. The lowest BCUT2D eigenvalue weighted by Gasteiger charge is -2.63. The van der Waals surface area contributed by atoms with Crippen LogP contribution in [0.4, 0.5) is 0 Å². The molecule has 3 fully saturated rings. The van der Waals surface area contributed by atoms with Crippen LogP contribution < -0.4 is 0 Å². The third-order valence-electron chi connectivity index (χ3n) is 8.55. The van der Waals surface area contributed by atoms with E-state index >= 15 is 0 Å². The molecule has 4 aliphatic rings. The minimum absolute atomic E-state index is 0.146.